The molecule has 0 fully saturated rings. The van der Waals surface area contributed by atoms with E-state index < -0.39 is 0 Å². The Morgan fingerprint density at radius 2 is 2.20 bits per heavy atom. The smallest absolute Gasteiger partial charge is 0.146 e. The third-order valence-electron chi connectivity index (χ3n) is 2.22. The van der Waals surface area contributed by atoms with Crippen LogP contribution in [0.5, 0.6) is 0 Å². The van der Waals surface area contributed by atoms with Crippen molar-refractivity contribution in [3.8, 4) is 5.69 Å². The normalized spacial score (nSPS) is 10.5. The van der Waals surface area contributed by atoms with Gasteiger partial charge in [-0.2, -0.15) is 5.10 Å². The summed E-state index contributed by atoms with van der Waals surface area (Å²) in [5, 5.41) is 4.93. The van der Waals surface area contributed by atoms with Gasteiger partial charge in [-0.15, -0.1) is 0 Å². The van der Waals surface area contributed by atoms with Gasteiger partial charge >= 0.3 is 0 Å². The van der Waals surface area contributed by atoms with E-state index in [1.165, 1.54) is 0 Å². The molecule has 0 amide bonds. The van der Waals surface area contributed by atoms with Crippen LogP contribution in [-0.2, 0) is 6.42 Å². The number of nitrogens with two attached hydrogens (primary N) is 1. The van der Waals surface area contributed by atoms with Crippen molar-refractivity contribution in [1.82, 2.24) is 9.78 Å². The second-order valence-electron chi connectivity index (χ2n) is 3.31. The number of nitrogen functional groups attached to an aromatic ring is 1. The van der Waals surface area contributed by atoms with Gasteiger partial charge in [0.25, 0.3) is 0 Å². The van der Waals surface area contributed by atoms with Gasteiger partial charge < -0.3 is 5.73 Å². The summed E-state index contributed by atoms with van der Waals surface area (Å²) >= 11 is 5.92. The molecule has 15 heavy (non-hydrogen) atoms. The Bertz CT molecular complexity index is 476. The zero-order chi connectivity index (χ0) is 10.8. The van der Waals surface area contributed by atoms with E-state index in [0.29, 0.717) is 10.8 Å². The van der Waals surface area contributed by atoms with E-state index in [2.05, 4.69) is 12.0 Å². The first-order valence-electron chi connectivity index (χ1n) is 4.81. The first kappa shape index (κ1) is 10.1. The van der Waals surface area contributed by atoms with E-state index in [1.807, 2.05) is 35.0 Å². The average Bonchev–Trinajstić information content (AvgIpc) is 2.59. The summed E-state index contributed by atoms with van der Waals surface area (Å²) in [6, 6.07) is 9.43. The van der Waals surface area contributed by atoms with Crippen LogP contribution < -0.4 is 5.73 Å². The fourth-order valence-electron chi connectivity index (χ4n) is 1.52. The monoisotopic (exact) mass is 221 g/mol. The predicted octanol–water partition coefficient (Wildman–Crippen LogP) is 2.67. The van der Waals surface area contributed by atoms with Crippen molar-refractivity contribution in [3.63, 3.8) is 0 Å². The van der Waals surface area contributed by atoms with Crippen molar-refractivity contribution in [2.24, 2.45) is 0 Å². The maximum atomic E-state index is 5.92. The van der Waals surface area contributed by atoms with E-state index in [4.69, 9.17) is 17.3 Å². The lowest BCUT2D eigenvalue weighted by Crippen LogP contribution is -2.01. The van der Waals surface area contributed by atoms with Crippen LogP contribution in [0.1, 0.15) is 12.6 Å². The zero-order valence-electron chi connectivity index (χ0n) is 8.44. The quantitative estimate of drug-likeness (QED) is 0.848. The summed E-state index contributed by atoms with van der Waals surface area (Å²) in [6.45, 7) is 2.07. The van der Waals surface area contributed by atoms with Crippen molar-refractivity contribution < 1.29 is 0 Å². The van der Waals surface area contributed by atoms with Gasteiger partial charge in [0.15, 0.2) is 0 Å². The van der Waals surface area contributed by atoms with Crippen molar-refractivity contribution in [2.45, 2.75) is 13.3 Å². The maximum absolute atomic E-state index is 5.92. The molecule has 0 aliphatic heterocycles. The Morgan fingerprint density at radius 1 is 1.40 bits per heavy atom. The van der Waals surface area contributed by atoms with Gasteiger partial charge in [-0.05, 0) is 24.6 Å². The Hall–Kier alpha value is -1.48. The van der Waals surface area contributed by atoms with Crippen LogP contribution in [0.15, 0.2) is 30.3 Å². The van der Waals surface area contributed by atoms with E-state index in [-0.39, 0.29) is 0 Å². The highest BCUT2D eigenvalue weighted by atomic mass is 35.5. The number of aryl methyl sites for hydroxylation is 1. The molecule has 0 aliphatic carbocycles. The molecular weight excluding hydrogens is 210 g/mol. The molecule has 2 rings (SSSR count). The minimum atomic E-state index is 0.534. The molecular formula is C11H12ClN3. The largest absolute Gasteiger partial charge is 0.382 e. The van der Waals surface area contributed by atoms with Gasteiger partial charge in [-0.1, -0.05) is 24.6 Å². The highest BCUT2D eigenvalue weighted by molar-refractivity contribution is 6.30. The van der Waals surface area contributed by atoms with Gasteiger partial charge in [-0.3, -0.25) is 0 Å². The van der Waals surface area contributed by atoms with Crippen LogP contribution in [0.25, 0.3) is 5.69 Å². The Labute approximate surface area is 93.5 Å². The number of benzene rings is 1. The fourth-order valence-corrected chi connectivity index (χ4v) is 1.71. The van der Waals surface area contributed by atoms with Gasteiger partial charge in [0.05, 0.1) is 5.69 Å². The number of halogens is 1. The van der Waals surface area contributed by atoms with Crippen LogP contribution in [0, 0.1) is 0 Å². The Morgan fingerprint density at radius 3 is 2.87 bits per heavy atom. The molecule has 1 aromatic carbocycles. The second-order valence-corrected chi connectivity index (χ2v) is 3.74. The molecule has 0 unspecified atom stereocenters. The highest BCUT2D eigenvalue weighted by Crippen LogP contribution is 2.18. The summed E-state index contributed by atoms with van der Waals surface area (Å²) in [5.74, 6) is 0.534. The third-order valence-corrected chi connectivity index (χ3v) is 2.45. The average molecular weight is 222 g/mol. The van der Waals surface area contributed by atoms with Crippen molar-refractivity contribution in [3.05, 3.63) is 41.0 Å². The summed E-state index contributed by atoms with van der Waals surface area (Å²) in [5.41, 5.74) is 7.68. The third kappa shape index (κ3) is 1.97. The Kier molecular flexibility index (Phi) is 2.64. The molecule has 0 spiro atoms. The molecule has 0 radical (unpaired) electrons. The molecule has 3 nitrogen and oxygen atoms in total. The van der Waals surface area contributed by atoms with E-state index in [1.54, 1.807) is 0 Å². The topological polar surface area (TPSA) is 43.8 Å². The SMILES string of the molecule is CCc1cc(N)nn1-c1cccc(Cl)c1. The van der Waals surface area contributed by atoms with Gasteiger partial charge in [0.2, 0.25) is 0 Å². The molecule has 0 saturated heterocycles. The zero-order valence-corrected chi connectivity index (χ0v) is 9.20. The molecule has 0 saturated carbocycles. The van der Waals surface area contributed by atoms with E-state index >= 15 is 0 Å². The summed E-state index contributed by atoms with van der Waals surface area (Å²) in [7, 11) is 0. The summed E-state index contributed by atoms with van der Waals surface area (Å²) < 4.78 is 1.82. The first-order chi connectivity index (χ1) is 7.20. The lowest BCUT2D eigenvalue weighted by molar-refractivity contribution is 0.817. The summed E-state index contributed by atoms with van der Waals surface area (Å²) in [4.78, 5) is 0. The number of hydrogen-bond donors (Lipinski definition) is 1. The number of aromatic nitrogens is 2. The lowest BCUT2D eigenvalue weighted by atomic mass is 10.3. The number of hydrogen-bond acceptors (Lipinski definition) is 2. The van der Waals surface area contributed by atoms with Crippen molar-refractivity contribution in [1.29, 1.82) is 0 Å². The first-order valence-corrected chi connectivity index (χ1v) is 5.19. The molecule has 78 valence electrons. The summed E-state index contributed by atoms with van der Waals surface area (Å²) in [6.07, 6.45) is 0.886. The minimum Gasteiger partial charge on any atom is -0.382 e. The van der Waals surface area contributed by atoms with Crippen LogP contribution >= 0.6 is 11.6 Å². The molecule has 0 atom stereocenters. The van der Waals surface area contributed by atoms with Crippen LogP contribution in [0.3, 0.4) is 0 Å². The van der Waals surface area contributed by atoms with E-state index in [9.17, 15) is 0 Å². The molecule has 0 bridgehead atoms. The van der Waals surface area contributed by atoms with Gasteiger partial charge in [0, 0.05) is 16.8 Å². The molecule has 4 heteroatoms. The van der Waals surface area contributed by atoms with Crippen LogP contribution in [0.2, 0.25) is 5.02 Å². The minimum absolute atomic E-state index is 0.534. The molecule has 2 aromatic rings. The van der Waals surface area contributed by atoms with Gasteiger partial charge in [0.1, 0.15) is 5.82 Å². The number of rotatable bonds is 2. The second kappa shape index (κ2) is 3.95. The highest BCUT2D eigenvalue weighted by Gasteiger charge is 2.06. The van der Waals surface area contributed by atoms with Crippen LogP contribution in [-0.4, -0.2) is 9.78 Å². The maximum Gasteiger partial charge on any atom is 0.146 e. The molecule has 1 heterocycles. The van der Waals surface area contributed by atoms with Crippen molar-refractivity contribution >= 4 is 17.4 Å². The van der Waals surface area contributed by atoms with Crippen molar-refractivity contribution in [2.75, 3.05) is 5.73 Å². The number of anilines is 1. The fraction of sp³-hybridized carbons (Fsp3) is 0.182. The number of nitrogens with zero attached hydrogens (tertiary/aromatic N) is 2. The van der Waals surface area contributed by atoms with Gasteiger partial charge in [-0.25, -0.2) is 4.68 Å². The van der Waals surface area contributed by atoms with Crippen LogP contribution in [0.4, 0.5) is 5.82 Å². The lowest BCUT2D eigenvalue weighted by Gasteiger charge is -2.05. The predicted molar refractivity (Wildman–Crippen MR) is 62.4 cm³/mol. The molecule has 1 aromatic heterocycles. The standard InChI is InChI=1S/C11H12ClN3/c1-2-9-7-11(13)14-15(9)10-5-3-4-8(12)6-10/h3-7H,2H2,1H3,(H2,13,14). The molecule has 0 aliphatic rings. The van der Waals surface area contributed by atoms with E-state index in [0.717, 1.165) is 17.8 Å². The molecule has 2 N–H and O–H groups in total. The Balaban J connectivity index is 2.53.